The molecule has 1 N–H and O–H groups in total. The molecule has 2 aromatic rings. The monoisotopic (exact) mass is 463 g/mol. The topological polar surface area (TPSA) is 90.8 Å². The smallest absolute Gasteiger partial charge is 0.475 e. The third-order valence-corrected chi connectivity index (χ3v) is 5.76. The molecule has 2 aliphatic heterocycles. The van der Waals surface area contributed by atoms with E-state index in [0.717, 1.165) is 17.7 Å². The van der Waals surface area contributed by atoms with E-state index in [1.807, 2.05) is 54.0 Å². The zero-order valence-electron chi connectivity index (χ0n) is 18.2. The van der Waals surface area contributed by atoms with Crippen molar-refractivity contribution in [2.75, 3.05) is 24.5 Å². The minimum absolute atomic E-state index is 0.0132. The van der Waals surface area contributed by atoms with Gasteiger partial charge in [0.1, 0.15) is 0 Å². The molecule has 3 heterocycles. The van der Waals surface area contributed by atoms with Crippen molar-refractivity contribution in [3.05, 3.63) is 59.4 Å². The van der Waals surface area contributed by atoms with E-state index in [4.69, 9.17) is 9.90 Å². The number of pyridine rings is 1. The van der Waals surface area contributed by atoms with Crippen LogP contribution in [-0.2, 0) is 9.59 Å². The lowest BCUT2D eigenvalue weighted by Crippen LogP contribution is -2.34. The molecule has 33 heavy (non-hydrogen) atoms. The second-order valence-corrected chi connectivity index (χ2v) is 8.52. The minimum atomic E-state index is -5.08. The van der Waals surface area contributed by atoms with E-state index in [1.54, 1.807) is 12.4 Å². The van der Waals surface area contributed by atoms with E-state index in [9.17, 15) is 22.8 Å². The van der Waals surface area contributed by atoms with E-state index in [2.05, 4.69) is 4.98 Å². The number of carboxylic acids is 1. The Morgan fingerprint density at radius 1 is 1.06 bits per heavy atom. The number of aliphatic carboxylic acids is 1. The fourth-order valence-electron chi connectivity index (χ4n) is 4.09. The number of rotatable bonds is 2. The molecule has 0 bridgehead atoms. The summed E-state index contributed by atoms with van der Waals surface area (Å²) in [5.41, 5.74) is 3.60. The van der Waals surface area contributed by atoms with Crippen LogP contribution in [0.4, 0.5) is 18.9 Å². The lowest BCUT2D eigenvalue weighted by Gasteiger charge is -2.24. The van der Waals surface area contributed by atoms with Gasteiger partial charge in [-0.15, -0.1) is 0 Å². The zero-order chi connectivity index (χ0) is 24.4. The van der Waals surface area contributed by atoms with Crippen LogP contribution in [0, 0.1) is 19.3 Å². The second-order valence-electron chi connectivity index (χ2n) is 8.52. The summed E-state index contributed by atoms with van der Waals surface area (Å²) in [5.74, 6) is -2.59. The molecule has 0 saturated carbocycles. The van der Waals surface area contributed by atoms with Crippen LogP contribution in [0.15, 0.2) is 42.7 Å². The first-order valence-electron chi connectivity index (χ1n) is 10.3. The van der Waals surface area contributed by atoms with Gasteiger partial charge in [-0.25, -0.2) is 4.79 Å². The summed E-state index contributed by atoms with van der Waals surface area (Å²) in [5, 5.41) is 7.12. The molecular weight excluding hydrogens is 439 g/mol. The summed E-state index contributed by atoms with van der Waals surface area (Å²) in [6.45, 7) is 5.99. The molecule has 1 aromatic carbocycles. The summed E-state index contributed by atoms with van der Waals surface area (Å²) in [6.07, 6.45) is -0.334. The van der Waals surface area contributed by atoms with E-state index < -0.39 is 12.1 Å². The number of nitrogens with zero attached hydrogens (tertiary/aromatic N) is 3. The maximum Gasteiger partial charge on any atom is 0.490 e. The van der Waals surface area contributed by atoms with Gasteiger partial charge in [-0.1, -0.05) is 17.7 Å². The van der Waals surface area contributed by atoms with Crippen LogP contribution in [0.25, 0.3) is 0 Å². The highest BCUT2D eigenvalue weighted by atomic mass is 19.4. The summed E-state index contributed by atoms with van der Waals surface area (Å²) < 4.78 is 31.7. The molecule has 2 aliphatic rings. The van der Waals surface area contributed by atoms with Gasteiger partial charge < -0.3 is 14.9 Å². The van der Waals surface area contributed by atoms with Gasteiger partial charge in [0.25, 0.3) is 5.91 Å². The Labute approximate surface area is 188 Å². The number of likely N-dealkylation sites (tertiary alicyclic amines) is 1. The van der Waals surface area contributed by atoms with Crippen LogP contribution in [0.5, 0.6) is 0 Å². The van der Waals surface area contributed by atoms with Crippen LogP contribution < -0.4 is 4.90 Å². The molecule has 1 aromatic heterocycles. The van der Waals surface area contributed by atoms with Crippen molar-refractivity contribution >= 4 is 23.5 Å². The number of anilines is 1. The van der Waals surface area contributed by atoms with E-state index in [1.165, 1.54) is 5.56 Å². The van der Waals surface area contributed by atoms with E-state index >= 15 is 0 Å². The number of carbonyl (C=O) groups excluding carboxylic acids is 2. The lowest BCUT2D eigenvalue weighted by atomic mass is 9.86. The number of aromatic nitrogens is 1. The number of hydrogen-bond donors (Lipinski definition) is 1. The summed E-state index contributed by atoms with van der Waals surface area (Å²) >= 11 is 0. The maximum absolute atomic E-state index is 12.8. The number of benzene rings is 1. The number of amides is 2. The van der Waals surface area contributed by atoms with Crippen LogP contribution in [0.2, 0.25) is 0 Å². The SMILES string of the molecule is Cc1ccc(N2CC3(CCN(C(=O)c4cncc(C)c4)C3)CC2=O)cc1.O=C(O)C(F)(F)F. The number of halogens is 3. The van der Waals surface area contributed by atoms with Gasteiger partial charge in [-0.3, -0.25) is 14.6 Å². The highest BCUT2D eigenvalue weighted by molar-refractivity contribution is 5.97. The first-order chi connectivity index (χ1) is 15.4. The van der Waals surface area contributed by atoms with Crippen molar-refractivity contribution in [1.82, 2.24) is 9.88 Å². The number of aryl methyl sites for hydroxylation is 2. The number of carbonyl (C=O) groups is 3. The minimum Gasteiger partial charge on any atom is -0.475 e. The number of carboxylic acid groups (broad SMARTS) is 1. The molecule has 1 unspecified atom stereocenters. The molecule has 2 fully saturated rings. The predicted octanol–water partition coefficient (Wildman–Crippen LogP) is 3.60. The van der Waals surface area contributed by atoms with Gasteiger partial charge in [-0.2, -0.15) is 13.2 Å². The molecule has 2 amide bonds. The molecular formula is C23H24F3N3O4. The van der Waals surface area contributed by atoms with Crippen LogP contribution in [0.1, 0.15) is 34.3 Å². The molecule has 176 valence electrons. The number of hydrogen-bond acceptors (Lipinski definition) is 4. The quantitative estimate of drug-likeness (QED) is 0.735. The Morgan fingerprint density at radius 3 is 2.27 bits per heavy atom. The lowest BCUT2D eigenvalue weighted by molar-refractivity contribution is -0.192. The molecule has 10 heteroatoms. The van der Waals surface area contributed by atoms with Gasteiger partial charge in [0.15, 0.2) is 0 Å². The van der Waals surface area contributed by atoms with E-state index in [-0.39, 0.29) is 17.2 Å². The van der Waals surface area contributed by atoms with Crippen molar-refractivity contribution in [2.45, 2.75) is 32.9 Å². The van der Waals surface area contributed by atoms with Crippen LogP contribution >= 0.6 is 0 Å². The molecule has 7 nitrogen and oxygen atoms in total. The Balaban J connectivity index is 0.000000383. The number of alkyl halides is 3. The average Bonchev–Trinajstić information content (AvgIpc) is 3.30. The van der Waals surface area contributed by atoms with Crippen molar-refractivity contribution in [1.29, 1.82) is 0 Å². The van der Waals surface area contributed by atoms with Crippen molar-refractivity contribution < 1.29 is 32.7 Å². The molecule has 0 aliphatic carbocycles. The van der Waals surface area contributed by atoms with Gasteiger partial charge in [0.2, 0.25) is 5.91 Å². The third kappa shape index (κ3) is 5.68. The Hall–Kier alpha value is -3.43. The zero-order valence-corrected chi connectivity index (χ0v) is 18.2. The van der Waals surface area contributed by atoms with Gasteiger partial charge in [-0.05, 0) is 44.0 Å². The second kappa shape index (κ2) is 9.21. The van der Waals surface area contributed by atoms with Gasteiger partial charge in [0.05, 0.1) is 5.56 Å². The first kappa shape index (κ1) is 24.2. The summed E-state index contributed by atoms with van der Waals surface area (Å²) in [7, 11) is 0. The summed E-state index contributed by atoms with van der Waals surface area (Å²) in [4.78, 5) is 42.2. The predicted molar refractivity (Wildman–Crippen MR) is 114 cm³/mol. The Bertz CT molecular complexity index is 1060. The largest absolute Gasteiger partial charge is 0.490 e. The standard InChI is InChI=1S/C21H23N3O2.C2HF3O2/c1-15-3-5-18(6-4-15)24-14-21(10-19(24)25)7-8-23(13-21)20(26)17-9-16(2)11-22-12-17;3-2(4,5)1(6)7/h3-6,9,11-12H,7-8,10,13-14H2,1-2H3;(H,6,7). The Morgan fingerprint density at radius 2 is 1.70 bits per heavy atom. The van der Waals surface area contributed by atoms with Crippen molar-refractivity contribution in [2.24, 2.45) is 5.41 Å². The normalized spacial score (nSPS) is 20.1. The molecule has 1 atom stereocenters. The summed E-state index contributed by atoms with van der Waals surface area (Å²) in [6, 6.07) is 9.94. The Kier molecular flexibility index (Phi) is 6.76. The first-order valence-corrected chi connectivity index (χ1v) is 10.3. The molecule has 0 radical (unpaired) electrons. The molecule has 4 rings (SSSR count). The van der Waals surface area contributed by atoms with Crippen molar-refractivity contribution in [3.8, 4) is 0 Å². The van der Waals surface area contributed by atoms with E-state index in [0.29, 0.717) is 31.6 Å². The fraction of sp³-hybridized carbons (Fsp3) is 0.391. The highest BCUT2D eigenvalue weighted by Crippen LogP contribution is 2.42. The van der Waals surface area contributed by atoms with Crippen LogP contribution in [0.3, 0.4) is 0 Å². The molecule has 2 saturated heterocycles. The average molecular weight is 463 g/mol. The van der Waals surface area contributed by atoms with Gasteiger partial charge >= 0.3 is 12.1 Å². The highest BCUT2D eigenvalue weighted by Gasteiger charge is 2.48. The maximum atomic E-state index is 12.8. The molecule has 1 spiro atoms. The van der Waals surface area contributed by atoms with Crippen LogP contribution in [-0.4, -0.2) is 58.6 Å². The third-order valence-electron chi connectivity index (χ3n) is 5.76. The van der Waals surface area contributed by atoms with Gasteiger partial charge in [0, 0.05) is 49.6 Å². The van der Waals surface area contributed by atoms with Crippen molar-refractivity contribution in [3.63, 3.8) is 0 Å². The fourth-order valence-corrected chi connectivity index (χ4v) is 4.09.